The summed E-state index contributed by atoms with van der Waals surface area (Å²) < 4.78 is 33.6. The molecule has 0 spiro atoms. The number of benzene rings is 1. The predicted octanol–water partition coefficient (Wildman–Crippen LogP) is 1.30. The fourth-order valence-corrected chi connectivity index (χ4v) is 3.69. The molecule has 0 radical (unpaired) electrons. The molecular weight excluding hydrogens is 384 g/mol. The Hall–Kier alpha value is -2.59. The van der Waals surface area contributed by atoms with E-state index in [2.05, 4.69) is 10.4 Å². The fraction of sp³-hybridized carbons (Fsp3) is 0.267. The molecule has 0 bridgehead atoms. The molecule has 2 N–H and O–H groups in total. The number of aromatic nitrogens is 2. The average Bonchev–Trinajstić information content (AvgIpc) is 2.92. The zero-order valence-electron chi connectivity index (χ0n) is 13.8. The molecule has 2 heterocycles. The van der Waals surface area contributed by atoms with Crippen LogP contribution in [0.5, 0.6) is 5.75 Å². The molecule has 2 aromatic rings. The lowest BCUT2D eigenvalue weighted by molar-refractivity contribution is -0.123. The lowest BCUT2D eigenvalue weighted by Crippen LogP contribution is -2.36. The summed E-state index contributed by atoms with van der Waals surface area (Å²) in [4.78, 5) is 23.9. The van der Waals surface area contributed by atoms with Crippen molar-refractivity contribution in [3.8, 4) is 5.75 Å². The van der Waals surface area contributed by atoms with Gasteiger partial charge < -0.3 is 10.1 Å². The van der Waals surface area contributed by atoms with Crippen molar-refractivity contribution in [2.45, 2.75) is 24.3 Å². The molecule has 9 nitrogen and oxygen atoms in total. The van der Waals surface area contributed by atoms with Crippen LogP contribution in [0.1, 0.15) is 23.8 Å². The summed E-state index contributed by atoms with van der Waals surface area (Å²) in [5, 5.41) is 6.41. The van der Waals surface area contributed by atoms with Crippen LogP contribution < -0.4 is 14.8 Å². The first-order valence-corrected chi connectivity index (χ1v) is 9.45. The number of anilines is 1. The number of carbonyl (C=O) groups is 2. The van der Waals surface area contributed by atoms with Crippen molar-refractivity contribution < 1.29 is 22.7 Å². The van der Waals surface area contributed by atoms with Crippen molar-refractivity contribution in [3.63, 3.8) is 0 Å². The Balaban J connectivity index is 1.88. The number of nitrogens with zero attached hydrogens (tertiary/aromatic N) is 2. The number of fused-ring (bicyclic) bond motifs is 1. The van der Waals surface area contributed by atoms with Crippen LogP contribution in [0.2, 0.25) is 5.02 Å². The second-order valence-corrected chi connectivity index (χ2v) is 7.65. The molecule has 1 aromatic carbocycles. The average molecular weight is 399 g/mol. The molecule has 3 rings (SSSR count). The van der Waals surface area contributed by atoms with Crippen LogP contribution in [-0.2, 0) is 21.9 Å². The van der Waals surface area contributed by atoms with Crippen LogP contribution in [0.15, 0.2) is 29.3 Å². The van der Waals surface area contributed by atoms with Gasteiger partial charge in [-0.15, -0.1) is 0 Å². The van der Waals surface area contributed by atoms with E-state index in [-0.39, 0.29) is 27.2 Å². The van der Waals surface area contributed by atoms with Crippen molar-refractivity contribution in [3.05, 3.63) is 35.1 Å². The number of carbonyl (C=O) groups excluding carboxylic acids is 2. The first-order chi connectivity index (χ1) is 12.2. The molecule has 0 saturated carbocycles. The lowest BCUT2D eigenvalue weighted by Gasteiger charge is -2.25. The van der Waals surface area contributed by atoms with Crippen LogP contribution in [-0.4, -0.2) is 36.1 Å². The van der Waals surface area contributed by atoms with Crippen LogP contribution in [0.3, 0.4) is 0 Å². The van der Waals surface area contributed by atoms with Gasteiger partial charge in [0.25, 0.3) is 21.8 Å². The molecule has 1 atom stereocenters. The van der Waals surface area contributed by atoms with Gasteiger partial charge in [0.1, 0.15) is 11.4 Å². The van der Waals surface area contributed by atoms with Gasteiger partial charge in [-0.3, -0.25) is 14.3 Å². The third kappa shape index (κ3) is 3.25. The van der Waals surface area contributed by atoms with E-state index < -0.39 is 22.0 Å². The highest BCUT2D eigenvalue weighted by atomic mass is 35.5. The minimum absolute atomic E-state index is 0.0249. The van der Waals surface area contributed by atoms with Gasteiger partial charge in [-0.25, -0.2) is 13.1 Å². The lowest BCUT2D eigenvalue weighted by atomic mass is 10.2. The maximum atomic E-state index is 12.5. The molecule has 11 heteroatoms. The van der Waals surface area contributed by atoms with Crippen molar-refractivity contribution in [1.29, 1.82) is 0 Å². The summed E-state index contributed by atoms with van der Waals surface area (Å²) in [6.45, 7) is 1.80. The first-order valence-electron chi connectivity index (χ1n) is 7.59. The smallest absolute Gasteiger partial charge is 0.284 e. The summed E-state index contributed by atoms with van der Waals surface area (Å²) in [5.74, 6) is -0.921. The second kappa shape index (κ2) is 6.61. The number of ether oxygens (including phenoxy) is 1. The topological polar surface area (TPSA) is 119 Å². The highest BCUT2D eigenvalue weighted by molar-refractivity contribution is 7.90. The van der Waals surface area contributed by atoms with Crippen molar-refractivity contribution >= 4 is 39.1 Å². The maximum absolute atomic E-state index is 12.5. The van der Waals surface area contributed by atoms with E-state index in [1.165, 1.54) is 36.1 Å². The minimum atomic E-state index is -4.20. The summed E-state index contributed by atoms with van der Waals surface area (Å²) in [7, 11) is -2.73. The zero-order valence-corrected chi connectivity index (χ0v) is 15.4. The normalized spacial score (nSPS) is 16.4. The van der Waals surface area contributed by atoms with Crippen molar-refractivity contribution in [2.75, 3.05) is 5.32 Å². The zero-order chi connectivity index (χ0) is 19.1. The number of hydrogen-bond donors (Lipinski definition) is 2. The molecule has 138 valence electrons. The standard InChI is InChI=1S/C15H15ClN4O5S/c1-3-11-14(21)18-10-6-8(4-5-12(10)25-11)26(23,24)19-15(22)13-9(16)7-17-20(13)2/h4-7,11H,3H2,1-2H3,(H,18,21)(H,19,22)/t11-/m0/s1. The number of aryl methyl sites for hydroxylation is 1. The van der Waals surface area contributed by atoms with Crippen LogP contribution in [0, 0.1) is 0 Å². The van der Waals surface area contributed by atoms with Gasteiger partial charge in [0, 0.05) is 7.05 Å². The van der Waals surface area contributed by atoms with Gasteiger partial charge in [0.2, 0.25) is 0 Å². The summed E-state index contributed by atoms with van der Waals surface area (Å²) >= 11 is 5.85. The number of rotatable bonds is 4. The Labute approximate surface area is 154 Å². The molecule has 1 aliphatic rings. The van der Waals surface area contributed by atoms with E-state index in [0.717, 1.165) is 0 Å². The van der Waals surface area contributed by atoms with Crippen LogP contribution in [0.4, 0.5) is 5.69 Å². The number of hydrogen-bond acceptors (Lipinski definition) is 6. The third-order valence-corrected chi connectivity index (χ3v) is 5.39. The Bertz CT molecular complexity index is 982. The predicted molar refractivity (Wildman–Crippen MR) is 92.6 cm³/mol. The Morgan fingerprint density at radius 3 is 2.81 bits per heavy atom. The molecule has 0 fully saturated rings. The van der Waals surface area contributed by atoms with Gasteiger partial charge in [-0.2, -0.15) is 5.10 Å². The molecule has 0 aliphatic carbocycles. The van der Waals surface area contributed by atoms with Crippen LogP contribution >= 0.6 is 11.6 Å². The van der Waals surface area contributed by atoms with E-state index in [4.69, 9.17) is 16.3 Å². The van der Waals surface area contributed by atoms with Gasteiger partial charge >= 0.3 is 0 Å². The molecule has 26 heavy (non-hydrogen) atoms. The van der Waals surface area contributed by atoms with Crippen LogP contribution in [0.25, 0.3) is 0 Å². The van der Waals surface area contributed by atoms with E-state index in [9.17, 15) is 18.0 Å². The minimum Gasteiger partial charge on any atom is -0.478 e. The fourth-order valence-electron chi connectivity index (χ4n) is 2.46. The number of halogens is 1. The van der Waals surface area contributed by atoms with Gasteiger partial charge in [-0.1, -0.05) is 18.5 Å². The molecular formula is C15H15ClN4O5S. The molecule has 1 aromatic heterocycles. The van der Waals surface area contributed by atoms with Gasteiger partial charge in [0.15, 0.2) is 6.10 Å². The van der Waals surface area contributed by atoms with E-state index in [1.54, 1.807) is 6.92 Å². The molecule has 2 amide bonds. The van der Waals surface area contributed by atoms with Crippen molar-refractivity contribution in [2.24, 2.45) is 7.05 Å². The summed E-state index contributed by atoms with van der Waals surface area (Å²) in [5.41, 5.74) is 0.129. The molecule has 0 saturated heterocycles. The van der Waals surface area contributed by atoms with Gasteiger partial charge in [0.05, 0.1) is 21.8 Å². The van der Waals surface area contributed by atoms with E-state index >= 15 is 0 Å². The highest BCUT2D eigenvalue weighted by Crippen LogP contribution is 2.32. The maximum Gasteiger partial charge on any atom is 0.284 e. The van der Waals surface area contributed by atoms with E-state index in [1.807, 2.05) is 4.72 Å². The highest BCUT2D eigenvalue weighted by Gasteiger charge is 2.29. The summed E-state index contributed by atoms with van der Waals surface area (Å²) in [6.07, 6.45) is 1.09. The largest absolute Gasteiger partial charge is 0.478 e. The number of nitrogens with one attached hydrogen (secondary N) is 2. The monoisotopic (exact) mass is 398 g/mol. The van der Waals surface area contributed by atoms with Crippen molar-refractivity contribution in [1.82, 2.24) is 14.5 Å². The number of amides is 2. The Kier molecular flexibility index (Phi) is 4.63. The quantitative estimate of drug-likeness (QED) is 0.801. The summed E-state index contributed by atoms with van der Waals surface area (Å²) in [6, 6.07) is 3.93. The van der Waals surface area contributed by atoms with E-state index in [0.29, 0.717) is 12.2 Å². The first kappa shape index (κ1) is 18.2. The molecule has 0 unspecified atom stereocenters. The Morgan fingerprint density at radius 2 is 2.19 bits per heavy atom. The Morgan fingerprint density at radius 1 is 1.46 bits per heavy atom. The SMILES string of the molecule is CC[C@@H]1Oc2ccc(S(=O)(=O)NC(=O)c3c(Cl)cnn3C)cc2NC1=O. The second-order valence-electron chi connectivity index (χ2n) is 5.56. The number of sulfonamides is 1. The third-order valence-electron chi connectivity index (χ3n) is 3.79. The molecule has 1 aliphatic heterocycles. The van der Waals surface area contributed by atoms with Gasteiger partial charge in [-0.05, 0) is 24.6 Å².